The number of rotatable bonds is 9. The fourth-order valence-electron chi connectivity index (χ4n) is 3.26. The molecule has 1 heterocycles. The number of hydrogen-bond acceptors (Lipinski definition) is 4. The zero-order chi connectivity index (χ0) is 20.6. The molecule has 29 heavy (non-hydrogen) atoms. The Kier molecular flexibility index (Phi) is 7.36. The molecule has 0 unspecified atom stereocenters. The molecular formula is C23H27N3O2S. The number of carbonyl (C=O) groups excluding carboxylic acids is 1. The van der Waals surface area contributed by atoms with Crippen molar-refractivity contribution in [1.82, 2.24) is 9.55 Å². The summed E-state index contributed by atoms with van der Waals surface area (Å²) in [5.74, 6) is 0.864. The lowest BCUT2D eigenvalue weighted by molar-refractivity contribution is -0.113. The Morgan fingerprint density at radius 2 is 1.79 bits per heavy atom. The lowest BCUT2D eigenvalue weighted by Crippen LogP contribution is -2.15. The average molecular weight is 410 g/mol. The Bertz CT molecular complexity index is 946. The van der Waals surface area contributed by atoms with Crippen molar-refractivity contribution in [3.8, 4) is 11.4 Å². The fraction of sp³-hybridized carbons (Fsp3) is 0.304. The number of amides is 1. The van der Waals surface area contributed by atoms with Crippen LogP contribution in [0, 0.1) is 0 Å². The number of hydrogen-bond donors (Lipinski definition) is 1. The minimum absolute atomic E-state index is 0.0869. The molecule has 0 fully saturated rings. The lowest BCUT2D eigenvalue weighted by atomic mass is 10.0. The van der Waals surface area contributed by atoms with E-state index in [1.807, 2.05) is 37.4 Å². The van der Waals surface area contributed by atoms with Crippen molar-refractivity contribution in [1.29, 1.82) is 0 Å². The number of nitrogens with zero attached hydrogens (tertiary/aromatic N) is 2. The first-order valence-electron chi connectivity index (χ1n) is 9.96. The van der Waals surface area contributed by atoms with Crippen molar-refractivity contribution in [2.75, 3.05) is 17.7 Å². The van der Waals surface area contributed by atoms with Gasteiger partial charge < -0.3 is 10.1 Å². The minimum atomic E-state index is -0.0869. The molecule has 6 heteroatoms. The second-order valence-corrected chi connectivity index (χ2v) is 7.42. The second kappa shape index (κ2) is 10.2. The Morgan fingerprint density at radius 1 is 1.07 bits per heavy atom. The van der Waals surface area contributed by atoms with Crippen LogP contribution >= 0.6 is 11.8 Å². The van der Waals surface area contributed by atoms with Crippen LogP contribution in [0.3, 0.4) is 0 Å². The molecule has 2 aromatic carbocycles. The van der Waals surface area contributed by atoms with Crippen LogP contribution in [0.25, 0.3) is 5.69 Å². The Morgan fingerprint density at radius 3 is 2.48 bits per heavy atom. The summed E-state index contributed by atoms with van der Waals surface area (Å²) in [6, 6.07) is 13.9. The van der Waals surface area contributed by atoms with E-state index in [-0.39, 0.29) is 11.7 Å². The molecule has 0 atom stereocenters. The Balaban J connectivity index is 1.74. The maximum absolute atomic E-state index is 12.5. The number of carbonyl (C=O) groups is 1. The van der Waals surface area contributed by atoms with Crippen LogP contribution in [0.5, 0.6) is 5.75 Å². The van der Waals surface area contributed by atoms with Gasteiger partial charge >= 0.3 is 0 Å². The van der Waals surface area contributed by atoms with Gasteiger partial charge in [0.25, 0.3) is 0 Å². The highest BCUT2D eigenvalue weighted by Gasteiger charge is 2.15. The van der Waals surface area contributed by atoms with Gasteiger partial charge in [0.05, 0.1) is 23.7 Å². The first-order chi connectivity index (χ1) is 14.2. The highest BCUT2D eigenvalue weighted by Crippen LogP contribution is 2.28. The number of imidazole rings is 1. The SMILES string of the molecule is CCOc1ccccc1NC(=O)CSc1nccn1-c1c(CC)cccc1CC. The van der Waals surface area contributed by atoms with Crippen molar-refractivity contribution in [3.05, 3.63) is 66.0 Å². The van der Waals surface area contributed by atoms with Gasteiger partial charge in [-0.25, -0.2) is 4.98 Å². The van der Waals surface area contributed by atoms with Crippen molar-refractivity contribution in [2.45, 2.75) is 38.8 Å². The molecular weight excluding hydrogens is 382 g/mol. The van der Waals surface area contributed by atoms with Gasteiger partial charge in [0.15, 0.2) is 5.16 Å². The van der Waals surface area contributed by atoms with E-state index in [9.17, 15) is 4.79 Å². The van der Waals surface area contributed by atoms with Gasteiger partial charge in [-0.1, -0.05) is 55.9 Å². The van der Waals surface area contributed by atoms with Gasteiger partial charge in [-0.2, -0.15) is 0 Å². The summed E-state index contributed by atoms with van der Waals surface area (Å²) in [5.41, 5.74) is 4.42. The third-order valence-electron chi connectivity index (χ3n) is 4.61. The number of benzene rings is 2. The minimum Gasteiger partial charge on any atom is -0.492 e. The molecule has 0 aliphatic carbocycles. The van der Waals surface area contributed by atoms with Crippen LogP contribution < -0.4 is 10.1 Å². The number of ether oxygens (including phenoxy) is 1. The molecule has 5 nitrogen and oxygen atoms in total. The van der Waals surface area contributed by atoms with Gasteiger partial charge in [-0.3, -0.25) is 9.36 Å². The average Bonchev–Trinajstić information content (AvgIpc) is 3.21. The molecule has 3 rings (SSSR count). The Hall–Kier alpha value is -2.73. The van der Waals surface area contributed by atoms with Crippen molar-refractivity contribution in [2.24, 2.45) is 0 Å². The van der Waals surface area contributed by atoms with E-state index in [4.69, 9.17) is 4.74 Å². The van der Waals surface area contributed by atoms with Crippen molar-refractivity contribution in [3.63, 3.8) is 0 Å². The first-order valence-corrected chi connectivity index (χ1v) is 10.9. The highest BCUT2D eigenvalue weighted by atomic mass is 32.2. The van der Waals surface area contributed by atoms with Gasteiger partial charge in [0.2, 0.25) is 5.91 Å². The molecule has 1 N–H and O–H groups in total. The molecule has 0 saturated carbocycles. The summed E-state index contributed by atoms with van der Waals surface area (Å²) in [6.45, 7) is 6.79. The van der Waals surface area contributed by atoms with E-state index in [1.165, 1.54) is 28.6 Å². The van der Waals surface area contributed by atoms with E-state index in [1.54, 1.807) is 6.20 Å². The normalized spacial score (nSPS) is 10.7. The quantitative estimate of drug-likeness (QED) is 0.498. The van der Waals surface area contributed by atoms with E-state index in [0.717, 1.165) is 18.0 Å². The van der Waals surface area contributed by atoms with Crippen LogP contribution in [-0.4, -0.2) is 27.8 Å². The summed E-state index contributed by atoms with van der Waals surface area (Å²) >= 11 is 1.43. The third-order valence-corrected chi connectivity index (χ3v) is 5.57. The summed E-state index contributed by atoms with van der Waals surface area (Å²) in [7, 11) is 0. The number of anilines is 1. The van der Waals surface area contributed by atoms with Gasteiger partial charge in [0, 0.05) is 12.4 Å². The summed E-state index contributed by atoms with van der Waals surface area (Å²) in [6.07, 6.45) is 5.65. The summed E-state index contributed by atoms with van der Waals surface area (Å²) in [5, 5.41) is 3.75. The zero-order valence-corrected chi connectivity index (χ0v) is 18.0. The maximum Gasteiger partial charge on any atom is 0.234 e. The molecule has 0 saturated heterocycles. The predicted octanol–water partition coefficient (Wildman–Crippen LogP) is 5.13. The van der Waals surface area contributed by atoms with Gasteiger partial charge in [-0.15, -0.1) is 0 Å². The number of aromatic nitrogens is 2. The zero-order valence-electron chi connectivity index (χ0n) is 17.1. The first kappa shape index (κ1) is 21.0. The smallest absolute Gasteiger partial charge is 0.234 e. The number of nitrogens with one attached hydrogen (secondary N) is 1. The van der Waals surface area contributed by atoms with Crippen LogP contribution in [-0.2, 0) is 17.6 Å². The highest BCUT2D eigenvalue weighted by molar-refractivity contribution is 7.99. The van der Waals surface area contributed by atoms with Gasteiger partial charge in [0.1, 0.15) is 5.75 Å². The van der Waals surface area contributed by atoms with Crippen LogP contribution in [0.4, 0.5) is 5.69 Å². The number of para-hydroxylation sites is 3. The monoisotopic (exact) mass is 409 g/mol. The second-order valence-electron chi connectivity index (χ2n) is 6.48. The molecule has 3 aromatic rings. The lowest BCUT2D eigenvalue weighted by Gasteiger charge is -2.16. The molecule has 0 aliphatic heterocycles. The van der Waals surface area contributed by atoms with Crippen LogP contribution in [0.15, 0.2) is 60.0 Å². The molecule has 0 bridgehead atoms. The molecule has 152 valence electrons. The van der Waals surface area contributed by atoms with Crippen LogP contribution in [0.1, 0.15) is 31.9 Å². The van der Waals surface area contributed by atoms with Crippen LogP contribution in [0.2, 0.25) is 0 Å². The van der Waals surface area contributed by atoms with E-state index in [0.29, 0.717) is 18.0 Å². The molecule has 0 aliphatic rings. The summed E-state index contributed by atoms with van der Waals surface area (Å²) < 4.78 is 7.68. The van der Waals surface area contributed by atoms with Crippen molar-refractivity contribution >= 4 is 23.4 Å². The van der Waals surface area contributed by atoms with E-state index >= 15 is 0 Å². The van der Waals surface area contributed by atoms with Gasteiger partial charge in [-0.05, 0) is 43.0 Å². The number of thioether (sulfide) groups is 1. The molecule has 1 amide bonds. The standard InChI is InChI=1S/C23H27N3O2S/c1-4-17-10-9-11-18(5-2)22(17)26-15-14-24-23(26)29-16-21(27)25-19-12-7-8-13-20(19)28-6-3/h7-15H,4-6,16H2,1-3H3,(H,25,27). The Labute approximate surface area is 176 Å². The number of aryl methyl sites for hydroxylation is 2. The van der Waals surface area contributed by atoms with Crippen molar-refractivity contribution < 1.29 is 9.53 Å². The fourth-order valence-corrected chi connectivity index (χ4v) is 4.02. The van der Waals surface area contributed by atoms with E-state index in [2.05, 4.69) is 46.9 Å². The largest absolute Gasteiger partial charge is 0.492 e. The molecule has 0 radical (unpaired) electrons. The molecule has 1 aromatic heterocycles. The topological polar surface area (TPSA) is 56.1 Å². The third kappa shape index (κ3) is 5.01. The summed E-state index contributed by atoms with van der Waals surface area (Å²) in [4.78, 5) is 17.0. The van der Waals surface area contributed by atoms with E-state index < -0.39 is 0 Å². The maximum atomic E-state index is 12.5. The molecule has 0 spiro atoms. The predicted molar refractivity (Wildman–Crippen MR) is 119 cm³/mol.